The molecule has 3 N–H and O–H groups in total. The molecule has 3 atom stereocenters. The number of nitrogens with one attached hydrogen (secondary N) is 1. The average Bonchev–Trinajstić information content (AvgIpc) is 2.32. The summed E-state index contributed by atoms with van der Waals surface area (Å²) in [6.07, 6.45) is 4.96. The van der Waals surface area contributed by atoms with Crippen molar-refractivity contribution in [1.82, 2.24) is 10.2 Å². The molecular formula is C16H35Cl2N3O. The molecule has 1 rings (SSSR count). The first kappa shape index (κ1) is 24.2. The Labute approximate surface area is 148 Å². The van der Waals surface area contributed by atoms with E-state index in [0.29, 0.717) is 0 Å². The predicted octanol–water partition coefficient (Wildman–Crippen LogP) is 2.83. The zero-order valence-electron chi connectivity index (χ0n) is 14.7. The van der Waals surface area contributed by atoms with Gasteiger partial charge in [0.1, 0.15) is 0 Å². The SMILES string of the molecule is CN(C)CCC(NC(=O)C1CCCC(N)C1)C(C)(C)C.Cl.Cl. The number of carbonyl (C=O) groups excluding carboxylic acids is 1. The Morgan fingerprint density at radius 3 is 2.32 bits per heavy atom. The van der Waals surface area contributed by atoms with Gasteiger partial charge in [-0.3, -0.25) is 4.79 Å². The lowest BCUT2D eigenvalue weighted by Gasteiger charge is -2.35. The highest BCUT2D eigenvalue weighted by atomic mass is 35.5. The van der Waals surface area contributed by atoms with Gasteiger partial charge in [-0.05, 0) is 51.7 Å². The highest BCUT2D eigenvalue weighted by molar-refractivity contribution is 5.85. The van der Waals surface area contributed by atoms with Gasteiger partial charge in [-0.15, -0.1) is 24.8 Å². The minimum Gasteiger partial charge on any atom is -0.353 e. The molecule has 3 unspecified atom stereocenters. The third-order valence-electron chi connectivity index (χ3n) is 4.31. The lowest BCUT2D eigenvalue weighted by atomic mass is 9.82. The van der Waals surface area contributed by atoms with E-state index in [4.69, 9.17) is 5.73 Å². The van der Waals surface area contributed by atoms with Gasteiger partial charge in [0.15, 0.2) is 0 Å². The number of hydrogen-bond donors (Lipinski definition) is 2. The Bertz CT molecular complexity index is 319. The van der Waals surface area contributed by atoms with Crippen molar-refractivity contribution in [2.75, 3.05) is 20.6 Å². The molecule has 0 aromatic rings. The van der Waals surface area contributed by atoms with E-state index < -0.39 is 0 Å². The standard InChI is InChI=1S/C16H33N3O.2ClH/c1-16(2,3)14(9-10-19(4)5)18-15(20)12-7-6-8-13(17)11-12;;/h12-14H,6-11,17H2,1-5H3,(H,18,20);2*1H. The molecule has 0 aromatic carbocycles. The van der Waals surface area contributed by atoms with E-state index in [1.165, 1.54) is 0 Å². The number of amides is 1. The average molecular weight is 356 g/mol. The van der Waals surface area contributed by atoms with E-state index in [0.717, 1.165) is 38.6 Å². The molecule has 1 saturated carbocycles. The maximum atomic E-state index is 12.5. The van der Waals surface area contributed by atoms with Crippen LogP contribution in [0.25, 0.3) is 0 Å². The molecule has 0 heterocycles. The highest BCUT2D eigenvalue weighted by Crippen LogP contribution is 2.26. The Hall–Kier alpha value is -0.0300. The zero-order valence-corrected chi connectivity index (χ0v) is 16.4. The normalized spacial score (nSPS) is 23.2. The van der Waals surface area contributed by atoms with Gasteiger partial charge in [0.25, 0.3) is 0 Å². The van der Waals surface area contributed by atoms with Crippen LogP contribution in [0.4, 0.5) is 0 Å². The Kier molecular flexibility index (Phi) is 11.8. The molecule has 22 heavy (non-hydrogen) atoms. The smallest absolute Gasteiger partial charge is 0.223 e. The molecule has 4 nitrogen and oxygen atoms in total. The van der Waals surface area contributed by atoms with E-state index in [2.05, 4.69) is 45.1 Å². The second-order valence-corrected chi connectivity index (χ2v) is 7.64. The number of halogens is 2. The van der Waals surface area contributed by atoms with Crippen molar-refractivity contribution in [1.29, 1.82) is 0 Å². The summed E-state index contributed by atoms with van der Waals surface area (Å²) in [5, 5.41) is 3.28. The van der Waals surface area contributed by atoms with Crippen molar-refractivity contribution >= 4 is 30.7 Å². The number of carbonyl (C=O) groups is 1. The van der Waals surface area contributed by atoms with E-state index in [1.807, 2.05) is 0 Å². The van der Waals surface area contributed by atoms with Crippen molar-refractivity contribution in [2.45, 2.75) is 65.0 Å². The molecule has 0 radical (unpaired) electrons. The molecular weight excluding hydrogens is 321 g/mol. The maximum absolute atomic E-state index is 12.5. The van der Waals surface area contributed by atoms with E-state index in [-0.39, 0.29) is 54.1 Å². The summed E-state index contributed by atoms with van der Waals surface area (Å²) in [5.41, 5.74) is 6.08. The Morgan fingerprint density at radius 2 is 1.86 bits per heavy atom. The molecule has 0 aliphatic heterocycles. The van der Waals surface area contributed by atoms with Gasteiger partial charge in [-0.2, -0.15) is 0 Å². The van der Waals surface area contributed by atoms with Crippen molar-refractivity contribution in [3.05, 3.63) is 0 Å². The van der Waals surface area contributed by atoms with Crippen LogP contribution in [0.1, 0.15) is 52.9 Å². The van der Waals surface area contributed by atoms with Crippen LogP contribution in [-0.4, -0.2) is 43.5 Å². The van der Waals surface area contributed by atoms with Crippen LogP contribution >= 0.6 is 24.8 Å². The molecule has 1 amide bonds. The fourth-order valence-corrected chi connectivity index (χ4v) is 2.86. The Balaban J connectivity index is 0. The number of nitrogens with zero attached hydrogens (tertiary/aromatic N) is 1. The molecule has 0 saturated heterocycles. The third-order valence-corrected chi connectivity index (χ3v) is 4.31. The Morgan fingerprint density at radius 1 is 1.27 bits per heavy atom. The highest BCUT2D eigenvalue weighted by Gasteiger charge is 2.30. The summed E-state index contributed by atoms with van der Waals surface area (Å²) >= 11 is 0. The molecule has 0 spiro atoms. The van der Waals surface area contributed by atoms with Gasteiger partial charge >= 0.3 is 0 Å². The summed E-state index contributed by atoms with van der Waals surface area (Å²) in [4.78, 5) is 14.6. The van der Waals surface area contributed by atoms with Crippen LogP contribution in [0.2, 0.25) is 0 Å². The second kappa shape index (κ2) is 10.7. The second-order valence-electron chi connectivity index (χ2n) is 7.64. The van der Waals surface area contributed by atoms with Gasteiger partial charge in [-0.25, -0.2) is 0 Å². The topological polar surface area (TPSA) is 58.4 Å². The third kappa shape index (κ3) is 8.56. The van der Waals surface area contributed by atoms with Crippen molar-refractivity contribution < 1.29 is 4.79 Å². The van der Waals surface area contributed by atoms with Crippen LogP contribution < -0.4 is 11.1 Å². The molecule has 134 valence electrons. The quantitative estimate of drug-likeness (QED) is 0.796. The first-order chi connectivity index (χ1) is 9.20. The van der Waals surface area contributed by atoms with E-state index in [1.54, 1.807) is 0 Å². The summed E-state index contributed by atoms with van der Waals surface area (Å²) < 4.78 is 0. The fraction of sp³-hybridized carbons (Fsp3) is 0.938. The van der Waals surface area contributed by atoms with Crippen LogP contribution in [0, 0.1) is 11.3 Å². The molecule has 1 aliphatic rings. The summed E-state index contributed by atoms with van der Waals surface area (Å²) in [6, 6.07) is 0.421. The molecule has 0 aromatic heterocycles. The summed E-state index contributed by atoms with van der Waals surface area (Å²) in [5.74, 6) is 0.321. The van der Waals surface area contributed by atoms with Crippen LogP contribution in [0.5, 0.6) is 0 Å². The molecule has 0 bridgehead atoms. The molecule has 1 fully saturated rings. The number of rotatable bonds is 5. The van der Waals surface area contributed by atoms with Crippen molar-refractivity contribution in [3.63, 3.8) is 0 Å². The van der Waals surface area contributed by atoms with E-state index >= 15 is 0 Å². The minimum atomic E-state index is 0. The zero-order chi connectivity index (χ0) is 15.3. The summed E-state index contributed by atoms with van der Waals surface area (Å²) in [6.45, 7) is 7.58. The van der Waals surface area contributed by atoms with Crippen LogP contribution in [0.15, 0.2) is 0 Å². The van der Waals surface area contributed by atoms with Gasteiger partial charge in [0.05, 0.1) is 0 Å². The molecule has 6 heteroatoms. The van der Waals surface area contributed by atoms with Crippen LogP contribution in [0.3, 0.4) is 0 Å². The summed E-state index contributed by atoms with van der Waals surface area (Å²) in [7, 11) is 4.14. The maximum Gasteiger partial charge on any atom is 0.223 e. The minimum absolute atomic E-state index is 0. The monoisotopic (exact) mass is 355 g/mol. The predicted molar refractivity (Wildman–Crippen MR) is 99.0 cm³/mol. The van der Waals surface area contributed by atoms with E-state index in [9.17, 15) is 4.79 Å². The van der Waals surface area contributed by atoms with Gasteiger partial charge in [0.2, 0.25) is 5.91 Å². The van der Waals surface area contributed by atoms with Crippen molar-refractivity contribution in [2.24, 2.45) is 17.1 Å². The van der Waals surface area contributed by atoms with Gasteiger partial charge < -0.3 is 16.0 Å². The lowest BCUT2D eigenvalue weighted by Crippen LogP contribution is -2.48. The van der Waals surface area contributed by atoms with Gasteiger partial charge in [0, 0.05) is 18.0 Å². The lowest BCUT2D eigenvalue weighted by molar-refractivity contribution is -0.127. The first-order valence-corrected chi connectivity index (χ1v) is 7.91. The largest absolute Gasteiger partial charge is 0.353 e. The fourth-order valence-electron chi connectivity index (χ4n) is 2.86. The number of nitrogens with two attached hydrogens (primary N) is 1. The van der Waals surface area contributed by atoms with Gasteiger partial charge in [-0.1, -0.05) is 27.2 Å². The molecule has 1 aliphatic carbocycles. The first-order valence-electron chi connectivity index (χ1n) is 7.91. The number of hydrogen-bond acceptors (Lipinski definition) is 3. The van der Waals surface area contributed by atoms with Crippen LogP contribution in [-0.2, 0) is 4.79 Å². The van der Waals surface area contributed by atoms with Crippen molar-refractivity contribution in [3.8, 4) is 0 Å².